The van der Waals surface area contributed by atoms with Gasteiger partial charge in [0.2, 0.25) is 0 Å². The summed E-state index contributed by atoms with van der Waals surface area (Å²) >= 11 is 0. The highest BCUT2D eigenvalue weighted by Gasteiger charge is 2.39. The van der Waals surface area contributed by atoms with Gasteiger partial charge in [-0.25, -0.2) is 0 Å². The van der Waals surface area contributed by atoms with Gasteiger partial charge in [0.05, 0.1) is 6.61 Å². The van der Waals surface area contributed by atoms with E-state index in [0.29, 0.717) is 5.41 Å². The third kappa shape index (κ3) is 4.43. The molecule has 0 amide bonds. The number of hydrogen-bond donors (Lipinski definition) is 1. The summed E-state index contributed by atoms with van der Waals surface area (Å²) in [5.74, 6) is 2.03. The molecule has 0 spiro atoms. The van der Waals surface area contributed by atoms with Crippen LogP contribution in [0.25, 0.3) is 0 Å². The van der Waals surface area contributed by atoms with Crippen molar-refractivity contribution in [3.63, 3.8) is 0 Å². The number of hydrogen-bond acceptors (Lipinski definition) is 3. The van der Waals surface area contributed by atoms with Crippen molar-refractivity contribution in [1.29, 1.82) is 0 Å². The molecule has 0 radical (unpaired) electrons. The van der Waals surface area contributed by atoms with E-state index in [2.05, 4.69) is 10.2 Å². The van der Waals surface area contributed by atoms with Gasteiger partial charge in [-0.15, -0.1) is 0 Å². The fourth-order valence-corrected chi connectivity index (χ4v) is 3.89. The third-order valence-corrected chi connectivity index (χ3v) is 5.73. The van der Waals surface area contributed by atoms with Crippen molar-refractivity contribution in [2.75, 3.05) is 39.4 Å². The first-order chi connectivity index (χ1) is 10.3. The second kappa shape index (κ2) is 6.17. The summed E-state index contributed by atoms with van der Waals surface area (Å²) in [6.07, 6.45) is 11.3. The lowest BCUT2D eigenvalue weighted by Crippen LogP contribution is -2.50. The van der Waals surface area contributed by atoms with E-state index in [1.165, 1.54) is 77.5 Å². The van der Waals surface area contributed by atoms with E-state index >= 15 is 0 Å². The van der Waals surface area contributed by atoms with Crippen molar-refractivity contribution in [2.45, 2.75) is 57.4 Å². The second-order valence-corrected chi connectivity index (χ2v) is 8.39. The molecule has 1 atom stereocenters. The lowest BCUT2D eigenvalue weighted by Gasteiger charge is -2.41. The van der Waals surface area contributed by atoms with Crippen molar-refractivity contribution in [1.82, 2.24) is 10.2 Å². The Hall–Kier alpha value is -0.120. The van der Waals surface area contributed by atoms with Gasteiger partial charge >= 0.3 is 0 Å². The molecule has 0 bridgehead atoms. The Balaban J connectivity index is 1.36. The third-order valence-electron chi connectivity index (χ3n) is 5.73. The highest BCUT2D eigenvalue weighted by atomic mass is 16.5. The number of nitrogens with one attached hydrogen (secondary N) is 1. The average molecular weight is 292 g/mol. The lowest BCUT2D eigenvalue weighted by molar-refractivity contribution is -0.0277. The topological polar surface area (TPSA) is 24.5 Å². The first kappa shape index (κ1) is 14.5. The van der Waals surface area contributed by atoms with Gasteiger partial charge in [-0.3, -0.25) is 0 Å². The zero-order valence-corrected chi connectivity index (χ0v) is 13.5. The molecule has 21 heavy (non-hydrogen) atoms. The van der Waals surface area contributed by atoms with E-state index in [-0.39, 0.29) is 0 Å². The van der Waals surface area contributed by atoms with Gasteiger partial charge in [-0.05, 0) is 63.2 Å². The fraction of sp³-hybridized carbons (Fsp3) is 1.00. The molecule has 3 saturated carbocycles. The molecular weight excluding hydrogens is 260 g/mol. The Kier molecular flexibility index (Phi) is 4.25. The van der Waals surface area contributed by atoms with E-state index < -0.39 is 0 Å². The van der Waals surface area contributed by atoms with Gasteiger partial charge in [0.1, 0.15) is 0 Å². The van der Waals surface area contributed by atoms with Gasteiger partial charge in [-0.1, -0.05) is 0 Å². The van der Waals surface area contributed by atoms with Crippen LogP contribution in [-0.4, -0.2) is 50.3 Å². The van der Waals surface area contributed by atoms with E-state index in [1.807, 2.05) is 0 Å². The Morgan fingerprint density at radius 2 is 1.71 bits per heavy atom. The summed E-state index contributed by atoms with van der Waals surface area (Å²) in [5.41, 5.74) is 0.393. The van der Waals surface area contributed by atoms with Crippen LogP contribution >= 0.6 is 0 Å². The van der Waals surface area contributed by atoms with Crippen LogP contribution in [0.15, 0.2) is 0 Å². The normalized spacial score (nSPS) is 33.6. The fourth-order valence-electron chi connectivity index (χ4n) is 3.89. The maximum absolute atomic E-state index is 5.91. The molecule has 0 aromatic rings. The maximum Gasteiger partial charge on any atom is 0.0546 e. The van der Waals surface area contributed by atoms with Crippen molar-refractivity contribution in [2.24, 2.45) is 17.3 Å². The average Bonchev–Trinajstić information content (AvgIpc) is 3.34. The first-order valence-corrected chi connectivity index (χ1v) is 9.35. The molecule has 1 N–H and O–H groups in total. The molecule has 0 aromatic heterocycles. The van der Waals surface area contributed by atoms with E-state index in [1.54, 1.807) is 0 Å². The predicted molar refractivity (Wildman–Crippen MR) is 85.4 cm³/mol. The molecule has 120 valence electrons. The highest BCUT2D eigenvalue weighted by Crippen LogP contribution is 2.37. The van der Waals surface area contributed by atoms with Gasteiger partial charge in [-0.2, -0.15) is 0 Å². The van der Waals surface area contributed by atoms with Crippen molar-refractivity contribution in [3.05, 3.63) is 0 Å². The quantitative estimate of drug-likeness (QED) is 0.707. The van der Waals surface area contributed by atoms with Crippen LogP contribution < -0.4 is 5.32 Å². The second-order valence-electron chi connectivity index (χ2n) is 8.39. The molecule has 1 aliphatic heterocycles. The van der Waals surface area contributed by atoms with Gasteiger partial charge in [0.25, 0.3) is 0 Å². The minimum atomic E-state index is 0.393. The van der Waals surface area contributed by atoms with Crippen LogP contribution in [-0.2, 0) is 4.74 Å². The monoisotopic (exact) mass is 292 g/mol. The first-order valence-electron chi connectivity index (χ1n) is 9.35. The summed E-state index contributed by atoms with van der Waals surface area (Å²) in [6.45, 7) is 7.15. The van der Waals surface area contributed by atoms with Crippen LogP contribution in [0.2, 0.25) is 0 Å². The summed E-state index contributed by atoms with van der Waals surface area (Å²) in [5, 5.41) is 3.80. The van der Waals surface area contributed by atoms with E-state index in [9.17, 15) is 0 Å². The SMILES string of the molecule is C1COCC(CNC2CC2)(CN(CC2CC2)CC2CC2)C1. The predicted octanol–water partition coefficient (Wildman–Crippen LogP) is 2.66. The van der Waals surface area contributed by atoms with Crippen molar-refractivity contribution < 1.29 is 4.74 Å². The minimum Gasteiger partial charge on any atom is -0.381 e. The summed E-state index contributed by atoms with van der Waals surface area (Å²) in [6, 6.07) is 0.823. The zero-order chi connectivity index (χ0) is 14.1. The van der Waals surface area contributed by atoms with Gasteiger partial charge in [0.15, 0.2) is 0 Å². The van der Waals surface area contributed by atoms with Gasteiger partial charge in [0, 0.05) is 44.2 Å². The summed E-state index contributed by atoms with van der Waals surface area (Å²) in [4.78, 5) is 2.82. The molecule has 1 heterocycles. The van der Waals surface area contributed by atoms with Crippen molar-refractivity contribution >= 4 is 0 Å². The van der Waals surface area contributed by atoms with Gasteiger partial charge < -0.3 is 15.0 Å². The van der Waals surface area contributed by atoms with Crippen LogP contribution in [0.5, 0.6) is 0 Å². The minimum absolute atomic E-state index is 0.393. The smallest absolute Gasteiger partial charge is 0.0546 e. The highest BCUT2D eigenvalue weighted by molar-refractivity contribution is 4.93. The standard InChI is InChI=1S/C18H32N2O/c1-8-18(14-21-9-1,12-19-17-6-7-17)13-20(10-15-2-3-15)11-16-4-5-16/h15-17,19H,1-14H2. The maximum atomic E-state index is 5.91. The molecular formula is C18H32N2O. The molecule has 3 nitrogen and oxygen atoms in total. The van der Waals surface area contributed by atoms with Crippen LogP contribution in [0.1, 0.15) is 51.4 Å². The number of nitrogens with zero attached hydrogens (tertiary/aromatic N) is 1. The Morgan fingerprint density at radius 3 is 2.24 bits per heavy atom. The Morgan fingerprint density at radius 1 is 1.00 bits per heavy atom. The lowest BCUT2D eigenvalue weighted by atomic mass is 9.81. The molecule has 4 fully saturated rings. The molecule has 1 unspecified atom stereocenters. The van der Waals surface area contributed by atoms with Crippen LogP contribution in [0.3, 0.4) is 0 Å². The van der Waals surface area contributed by atoms with Crippen molar-refractivity contribution in [3.8, 4) is 0 Å². The Labute approximate surface area is 129 Å². The molecule has 4 rings (SSSR count). The number of ether oxygens (including phenoxy) is 1. The summed E-state index contributed by atoms with van der Waals surface area (Å²) in [7, 11) is 0. The zero-order valence-electron chi connectivity index (χ0n) is 13.5. The largest absolute Gasteiger partial charge is 0.381 e. The summed E-state index contributed by atoms with van der Waals surface area (Å²) < 4.78 is 5.91. The van der Waals surface area contributed by atoms with Crippen LogP contribution in [0, 0.1) is 17.3 Å². The number of rotatable bonds is 9. The molecule has 4 aliphatic rings. The molecule has 3 heteroatoms. The van der Waals surface area contributed by atoms with E-state index in [0.717, 1.165) is 31.1 Å². The molecule has 0 aromatic carbocycles. The molecule has 1 saturated heterocycles. The molecule has 3 aliphatic carbocycles. The van der Waals surface area contributed by atoms with Crippen LogP contribution in [0.4, 0.5) is 0 Å². The Bertz CT molecular complexity index is 327. The van der Waals surface area contributed by atoms with E-state index in [4.69, 9.17) is 4.74 Å².